The Labute approximate surface area is 691 Å². The highest BCUT2D eigenvalue weighted by Crippen LogP contribution is 2.58. The molecule has 0 atom stereocenters. The summed E-state index contributed by atoms with van der Waals surface area (Å²) in [5.74, 6) is 0. The van der Waals surface area contributed by atoms with E-state index in [1.807, 2.05) is 12.1 Å². The second-order valence-corrected chi connectivity index (χ2v) is 41.1. The maximum Gasteiger partial charge on any atom is 0.252 e. The second-order valence-electron chi connectivity index (χ2n) is 41.1. The number of anilines is 6. The van der Waals surface area contributed by atoms with Gasteiger partial charge in [-0.25, -0.2) is 0 Å². The minimum atomic E-state index is -0.720. The average Bonchev–Trinajstić information content (AvgIpc) is 0.987. The molecule has 4 heteroatoms. The number of para-hydroxylation sites is 2. The van der Waals surface area contributed by atoms with Gasteiger partial charge in [0.25, 0.3) is 6.71 Å². The Bertz CT molecular complexity index is 6590. The highest BCUT2D eigenvalue weighted by Gasteiger charge is 2.48. The summed E-state index contributed by atoms with van der Waals surface area (Å²) in [5.41, 5.74) is 22.3. The quantitative estimate of drug-likeness (QED) is 0.141. The summed E-state index contributed by atoms with van der Waals surface area (Å²) >= 11 is 0. The zero-order valence-electron chi connectivity index (χ0n) is 84.4. The third-order valence-electron chi connectivity index (χ3n) is 23.5. The van der Waals surface area contributed by atoms with Gasteiger partial charge in [-0.1, -0.05) is 357 Å². The van der Waals surface area contributed by atoms with Gasteiger partial charge in [-0.15, -0.1) is 0 Å². The molecule has 0 aliphatic carbocycles. The number of nitrogens with zero attached hydrogens (tertiary/aromatic N) is 3. The van der Waals surface area contributed by atoms with Gasteiger partial charge in [0.1, 0.15) is 0 Å². The van der Waals surface area contributed by atoms with Crippen LogP contribution in [0.15, 0.2) is 236 Å². The van der Waals surface area contributed by atoms with Crippen LogP contribution in [0.3, 0.4) is 0 Å². The lowest BCUT2D eigenvalue weighted by Crippen LogP contribution is -2.61. The van der Waals surface area contributed by atoms with E-state index in [-0.39, 0.29) is 55.7 Å². The summed E-state index contributed by atoms with van der Waals surface area (Å²) in [6.07, 6.45) is 0. The van der Waals surface area contributed by atoms with Gasteiger partial charge in [0.2, 0.25) is 0 Å². The molecule has 15 rings (SSSR count). The van der Waals surface area contributed by atoms with Crippen LogP contribution < -0.4 is 26.2 Å². The molecule has 13 aromatic rings. The van der Waals surface area contributed by atoms with E-state index >= 15 is 0 Å². The molecule has 0 amide bonds. The Morgan fingerprint density at radius 1 is 0.259 bits per heavy atom. The monoisotopic (exact) mass is 1480 g/mol. The predicted molar refractivity (Wildman–Crippen MR) is 490 cm³/mol. The van der Waals surface area contributed by atoms with Crippen molar-refractivity contribution >= 4 is 79.0 Å². The molecule has 2 aliphatic heterocycles. The van der Waals surface area contributed by atoms with Crippen molar-refractivity contribution in [3.8, 4) is 61.3 Å². The summed E-state index contributed by atoms with van der Waals surface area (Å²) in [7, 11) is 0. The van der Waals surface area contributed by atoms with Gasteiger partial charge in [-0.05, 0) is 215 Å². The lowest BCUT2D eigenvalue weighted by Gasteiger charge is -2.47. The van der Waals surface area contributed by atoms with Gasteiger partial charge < -0.3 is 14.4 Å². The van der Waals surface area contributed by atoms with Crippen molar-refractivity contribution in [2.24, 2.45) is 0 Å². The average molecular weight is 1480 g/mol. The summed E-state index contributed by atoms with van der Waals surface area (Å²) in [6.45, 7) is 60.5. The molecule has 3 nitrogen and oxygen atoms in total. The first-order chi connectivity index (χ1) is 57.7. The van der Waals surface area contributed by atoms with Gasteiger partial charge in [0, 0.05) is 61.5 Å². The number of fused-ring (bicyclic) bond motifs is 7. The highest BCUT2D eigenvalue weighted by atomic mass is 15.2. The van der Waals surface area contributed by atoms with Crippen molar-refractivity contribution in [3.05, 3.63) is 286 Å². The maximum atomic E-state index is 10.0. The lowest BCUT2D eigenvalue weighted by atomic mass is 9.33. The first kappa shape index (κ1) is 62.6. The van der Waals surface area contributed by atoms with Crippen LogP contribution in [0.5, 0.6) is 0 Å². The molecule has 0 N–H and O–H groups in total. The van der Waals surface area contributed by atoms with E-state index in [4.69, 9.17) is 1.37 Å². The molecule has 0 unspecified atom stereocenters. The third-order valence-corrected chi connectivity index (χ3v) is 23.5. The first-order valence-corrected chi connectivity index (χ1v) is 40.2. The van der Waals surface area contributed by atoms with Crippen molar-refractivity contribution in [2.45, 2.75) is 236 Å². The Morgan fingerprint density at radius 2 is 0.652 bits per heavy atom. The maximum absolute atomic E-state index is 10.0. The summed E-state index contributed by atoms with van der Waals surface area (Å²) in [5, 5.41) is -0.0792. The molecule has 3 heterocycles. The number of hydrogen-bond donors (Lipinski definition) is 0. The fraction of sp³-hybridized carbons (Fsp3) is 0.333. The van der Waals surface area contributed by atoms with Crippen LogP contribution in [0.25, 0.3) is 83.1 Å². The normalized spacial score (nSPS) is 15.4. The summed E-state index contributed by atoms with van der Waals surface area (Å²) < 4.78 is 126. The van der Waals surface area contributed by atoms with Gasteiger partial charge >= 0.3 is 0 Å². The number of aromatic nitrogens is 1. The zero-order chi connectivity index (χ0) is 91.8. The molecule has 0 radical (unpaired) electrons. The predicted octanol–water partition coefficient (Wildman–Crippen LogP) is 28.9. The standard InChI is InChI=1S/C108H120BN3/c1-100(2,3)70-48-45-68(46-49-70)81-59-73(103(10,11)12)62-85(82-58-71(101(4,5)6)51-54-87(82)107(22,23)24)98(81)112-94-66-76(110-91-43-35-32-40-79(91)80-41-33-36-44-92(80)110)52-56-90(94)109-89-55-47-69(67-37-29-28-30-38-67)57-93(89)111(95-64-75(105(16,17)18)65-96(112)97(95)109)99-83(77-39-31-34-42-86(77)106(19,20)21)60-74(104(13,14)15)61-84(99)78-53-50-72(102(7,8)9)63-88(78)108(25,26)27/h28-66H,1-27H3/i28D,29D,30D,32D,33D,35D,36D,37D,38D,40D,41D,43D,44D. The van der Waals surface area contributed by atoms with Gasteiger partial charge in [0.15, 0.2) is 0 Å². The van der Waals surface area contributed by atoms with E-state index < -0.39 is 106 Å². The Hall–Kier alpha value is -9.90. The van der Waals surface area contributed by atoms with Crippen LogP contribution in [0.1, 0.15) is 255 Å². The number of benzene rings is 12. The first-order valence-electron chi connectivity index (χ1n) is 46.7. The van der Waals surface area contributed by atoms with Crippen LogP contribution in [0.4, 0.5) is 34.1 Å². The van der Waals surface area contributed by atoms with E-state index in [9.17, 15) is 16.4 Å². The Morgan fingerprint density at radius 3 is 1.17 bits per heavy atom. The van der Waals surface area contributed by atoms with Gasteiger partial charge in [0.05, 0.1) is 40.2 Å². The van der Waals surface area contributed by atoms with Crippen LogP contribution in [-0.4, -0.2) is 11.3 Å². The van der Waals surface area contributed by atoms with Crippen molar-refractivity contribution < 1.29 is 17.8 Å². The van der Waals surface area contributed by atoms with Crippen molar-refractivity contribution in [3.63, 3.8) is 0 Å². The van der Waals surface area contributed by atoms with E-state index in [0.29, 0.717) is 22.6 Å². The molecule has 0 bridgehead atoms. The Balaban J connectivity index is 1.25. The van der Waals surface area contributed by atoms with E-state index in [2.05, 4.69) is 342 Å². The van der Waals surface area contributed by atoms with E-state index in [1.54, 1.807) is 4.57 Å². The van der Waals surface area contributed by atoms with Crippen molar-refractivity contribution in [1.82, 2.24) is 4.57 Å². The van der Waals surface area contributed by atoms with Crippen LogP contribution in [-0.2, 0) is 48.7 Å². The smallest absolute Gasteiger partial charge is 0.252 e. The SMILES string of the molecule is [2H]c1c([2H])c([2H])c(-c2ccc3c(c2)N(c2c(-c4ccccc4C(C)(C)C)cc(C(C)(C)C)cc2-c2ccc(C(C)(C)C)cc2C(C)(C)C)c2cc(C(C)(C)C)cc4c2B3c2ccc(-n3c5c([2H])c([2H])c([2H])c([2H])c5c5c([2H])c([2H])c([2H])c([2H])c53)cc2N4c2c(-c3ccc(C(C)(C)C)cc3)cc(C(C)(C)C)cc2-c2cc(C(C)(C)C)ccc2C(C)(C)C)c([2H])c1[2H]. The molecule has 0 saturated carbocycles. The molecule has 12 aromatic carbocycles. The zero-order valence-corrected chi connectivity index (χ0v) is 71.4. The summed E-state index contributed by atoms with van der Waals surface area (Å²) in [6, 6.07) is 52.5. The molecule has 2 aliphatic rings. The van der Waals surface area contributed by atoms with E-state index in [1.165, 1.54) is 5.56 Å². The molecule has 0 fully saturated rings. The fourth-order valence-corrected chi connectivity index (χ4v) is 17.0. The molecule has 570 valence electrons. The molecule has 112 heavy (non-hydrogen) atoms. The minimum Gasteiger partial charge on any atom is -0.310 e. The largest absolute Gasteiger partial charge is 0.310 e. The minimum absolute atomic E-state index is 0.0136. The lowest BCUT2D eigenvalue weighted by molar-refractivity contribution is 0.569. The van der Waals surface area contributed by atoms with Crippen LogP contribution in [0, 0.1) is 0 Å². The van der Waals surface area contributed by atoms with E-state index in [0.717, 1.165) is 128 Å². The molecule has 0 saturated heterocycles. The van der Waals surface area contributed by atoms with Crippen LogP contribution in [0.2, 0.25) is 0 Å². The molecule has 1 aromatic heterocycles. The van der Waals surface area contributed by atoms with Gasteiger partial charge in [-0.3, -0.25) is 0 Å². The molecular formula is C108H120BN3. The molecular weight excluding hydrogens is 1350 g/mol. The van der Waals surface area contributed by atoms with Gasteiger partial charge in [-0.2, -0.15) is 0 Å². The second kappa shape index (κ2) is 26.9. The molecule has 0 spiro atoms. The highest BCUT2D eigenvalue weighted by molar-refractivity contribution is 7.00. The van der Waals surface area contributed by atoms with Crippen molar-refractivity contribution in [2.75, 3.05) is 9.80 Å². The van der Waals surface area contributed by atoms with Crippen molar-refractivity contribution in [1.29, 1.82) is 0 Å². The Kier molecular flexibility index (Phi) is 15.0. The topological polar surface area (TPSA) is 11.4 Å². The third kappa shape index (κ3) is 13.8. The number of rotatable bonds is 8. The number of hydrogen-bond acceptors (Lipinski definition) is 2. The van der Waals surface area contributed by atoms with Crippen LogP contribution >= 0.6 is 0 Å². The fourth-order valence-electron chi connectivity index (χ4n) is 17.0. The summed E-state index contributed by atoms with van der Waals surface area (Å²) in [4.78, 5) is 4.95.